The highest BCUT2D eigenvalue weighted by Gasteiger charge is 2.27. The first-order valence-corrected chi connectivity index (χ1v) is 8.76. The van der Waals surface area contributed by atoms with Crippen molar-refractivity contribution < 1.29 is 19.1 Å². The molecule has 0 saturated heterocycles. The van der Waals surface area contributed by atoms with Crippen molar-refractivity contribution in [3.05, 3.63) is 53.1 Å². The van der Waals surface area contributed by atoms with Crippen molar-refractivity contribution in [3.8, 4) is 11.5 Å². The van der Waals surface area contributed by atoms with Crippen LogP contribution in [0, 0.1) is 0 Å². The minimum absolute atomic E-state index is 0.0849. The molecule has 134 valence electrons. The first-order valence-electron chi connectivity index (χ1n) is 8.76. The van der Waals surface area contributed by atoms with Gasteiger partial charge in [-0.25, -0.2) is 0 Å². The minimum Gasteiger partial charge on any atom is -0.454 e. The van der Waals surface area contributed by atoms with Crippen LogP contribution in [0.2, 0.25) is 0 Å². The monoisotopic (exact) mass is 352 g/mol. The summed E-state index contributed by atoms with van der Waals surface area (Å²) in [6.07, 6.45) is 1.16. The molecule has 2 aliphatic heterocycles. The van der Waals surface area contributed by atoms with Crippen LogP contribution in [0.1, 0.15) is 34.8 Å². The number of rotatable bonds is 4. The van der Waals surface area contributed by atoms with E-state index in [4.69, 9.17) is 9.47 Å². The summed E-state index contributed by atoms with van der Waals surface area (Å²) in [6, 6.07) is 11.2. The molecular weight excluding hydrogens is 332 g/mol. The molecule has 0 saturated carbocycles. The Morgan fingerprint density at radius 3 is 2.85 bits per heavy atom. The van der Waals surface area contributed by atoms with Crippen molar-refractivity contribution in [2.45, 2.75) is 26.3 Å². The molecule has 0 aromatic heterocycles. The molecule has 0 atom stereocenters. The molecule has 0 aliphatic carbocycles. The molecule has 2 heterocycles. The summed E-state index contributed by atoms with van der Waals surface area (Å²) >= 11 is 0. The van der Waals surface area contributed by atoms with Crippen LogP contribution in [0.5, 0.6) is 11.5 Å². The SMILES string of the molecule is CCC(=O)N1CCc2c(C(=O)NCc3ccc4c(c3)OCO4)cccc21. The van der Waals surface area contributed by atoms with Gasteiger partial charge in [-0.3, -0.25) is 9.59 Å². The third kappa shape index (κ3) is 2.87. The largest absolute Gasteiger partial charge is 0.454 e. The number of amides is 2. The smallest absolute Gasteiger partial charge is 0.251 e. The second-order valence-corrected chi connectivity index (χ2v) is 6.32. The fraction of sp³-hybridized carbons (Fsp3) is 0.300. The van der Waals surface area contributed by atoms with Crippen LogP contribution >= 0.6 is 0 Å². The van der Waals surface area contributed by atoms with E-state index in [1.807, 2.05) is 43.3 Å². The molecule has 0 unspecified atom stereocenters. The molecule has 0 spiro atoms. The van der Waals surface area contributed by atoms with Crippen LogP contribution in [-0.2, 0) is 17.8 Å². The number of anilines is 1. The van der Waals surface area contributed by atoms with Gasteiger partial charge in [-0.2, -0.15) is 0 Å². The molecule has 2 aliphatic rings. The topological polar surface area (TPSA) is 67.9 Å². The van der Waals surface area contributed by atoms with E-state index in [-0.39, 0.29) is 18.6 Å². The number of nitrogens with zero attached hydrogens (tertiary/aromatic N) is 1. The fourth-order valence-electron chi connectivity index (χ4n) is 3.43. The van der Waals surface area contributed by atoms with Gasteiger partial charge in [0.15, 0.2) is 11.5 Å². The van der Waals surface area contributed by atoms with E-state index in [0.717, 1.165) is 22.6 Å². The molecule has 4 rings (SSSR count). The predicted molar refractivity (Wildman–Crippen MR) is 96.5 cm³/mol. The van der Waals surface area contributed by atoms with Gasteiger partial charge < -0.3 is 19.7 Å². The van der Waals surface area contributed by atoms with Gasteiger partial charge in [0.2, 0.25) is 12.7 Å². The summed E-state index contributed by atoms with van der Waals surface area (Å²) < 4.78 is 10.7. The molecular formula is C20H20N2O4. The molecule has 26 heavy (non-hydrogen) atoms. The molecule has 2 amide bonds. The summed E-state index contributed by atoms with van der Waals surface area (Å²) in [5.74, 6) is 1.37. The lowest BCUT2D eigenvalue weighted by molar-refractivity contribution is -0.118. The number of hydrogen-bond donors (Lipinski definition) is 1. The van der Waals surface area contributed by atoms with Crippen molar-refractivity contribution in [3.63, 3.8) is 0 Å². The predicted octanol–water partition coefficient (Wildman–Crippen LogP) is 2.64. The molecule has 0 radical (unpaired) electrons. The van der Waals surface area contributed by atoms with Crippen LogP contribution in [0.3, 0.4) is 0 Å². The number of hydrogen-bond acceptors (Lipinski definition) is 4. The van der Waals surface area contributed by atoms with Gasteiger partial charge in [0.25, 0.3) is 5.91 Å². The maximum atomic E-state index is 12.7. The number of nitrogens with one attached hydrogen (secondary N) is 1. The summed E-state index contributed by atoms with van der Waals surface area (Å²) in [5, 5.41) is 2.96. The molecule has 6 nitrogen and oxygen atoms in total. The molecule has 0 fully saturated rings. The van der Waals surface area contributed by atoms with Crippen LogP contribution < -0.4 is 19.7 Å². The minimum atomic E-state index is -0.134. The average molecular weight is 352 g/mol. The molecule has 0 bridgehead atoms. The van der Waals surface area contributed by atoms with E-state index in [2.05, 4.69) is 5.32 Å². The Kier molecular flexibility index (Phi) is 4.24. The van der Waals surface area contributed by atoms with Gasteiger partial charge >= 0.3 is 0 Å². The van der Waals surface area contributed by atoms with Crippen LogP contribution in [0.4, 0.5) is 5.69 Å². The summed E-state index contributed by atoms with van der Waals surface area (Å²) in [5.41, 5.74) is 3.37. The maximum absolute atomic E-state index is 12.7. The zero-order chi connectivity index (χ0) is 18.1. The van der Waals surface area contributed by atoms with E-state index in [1.165, 1.54) is 0 Å². The Morgan fingerprint density at radius 1 is 1.15 bits per heavy atom. The molecule has 2 aromatic rings. The van der Waals surface area contributed by atoms with E-state index < -0.39 is 0 Å². The Bertz CT molecular complexity index is 878. The second kappa shape index (κ2) is 6.71. The lowest BCUT2D eigenvalue weighted by Gasteiger charge is -2.17. The van der Waals surface area contributed by atoms with Gasteiger partial charge in [0.05, 0.1) is 0 Å². The lowest BCUT2D eigenvalue weighted by Crippen LogP contribution is -2.27. The number of fused-ring (bicyclic) bond motifs is 2. The first-order chi connectivity index (χ1) is 12.7. The first kappa shape index (κ1) is 16.4. The Morgan fingerprint density at radius 2 is 2.00 bits per heavy atom. The molecule has 6 heteroatoms. The Labute approximate surface area is 151 Å². The molecule has 1 N–H and O–H groups in total. The highest BCUT2D eigenvalue weighted by Crippen LogP contribution is 2.33. The van der Waals surface area contributed by atoms with Crippen molar-refractivity contribution in [1.29, 1.82) is 0 Å². The van der Waals surface area contributed by atoms with Crippen LogP contribution in [-0.4, -0.2) is 25.2 Å². The van der Waals surface area contributed by atoms with E-state index in [1.54, 1.807) is 4.90 Å². The number of benzene rings is 2. The van der Waals surface area contributed by atoms with Gasteiger partial charge in [-0.15, -0.1) is 0 Å². The fourth-order valence-corrected chi connectivity index (χ4v) is 3.43. The maximum Gasteiger partial charge on any atom is 0.251 e. The number of carbonyl (C=O) groups excluding carboxylic acids is 2. The highest BCUT2D eigenvalue weighted by molar-refractivity contribution is 6.01. The van der Waals surface area contributed by atoms with Crippen molar-refractivity contribution >= 4 is 17.5 Å². The van der Waals surface area contributed by atoms with Crippen molar-refractivity contribution in [1.82, 2.24) is 5.32 Å². The zero-order valence-electron chi connectivity index (χ0n) is 14.6. The van der Waals surface area contributed by atoms with E-state index in [0.29, 0.717) is 37.2 Å². The lowest BCUT2D eigenvalue weighted by atomic mass is 10.0. The molecule has 2 aromatic carbocycles. The third-order valence-corrected chi connectivity index (χ3v) is 4.77. The van der Waals surface area contributed by atoms with Gasteiger partial charge in [0, 0.05) is 30.8 Å². The number of ether oxygens (including phenoxy) is 2. The Balaban J connectivity index is 1.49. The summed E-state index contributed by atoms with van der Waals surface area (Å²) in [6.45, 7) is 3.11. The summed E-state index contributed by atoms with van der Waals surface area (Å²) in [7, 11) is 0. The standard InChI is InChI=1S/C20H20N2O4/c1-2-19(23)22-9-8-14-15(4-3-5-16(14)22)20(24)21-11-13-6-7-17-18(10-13)26-12-25-17/h3-7,10H,2,8-9,11-12H2,1H3,(H,21,24). The quantitative estimate of drug-likeness (QED) is 0.919. The van der Waals surface area contributed by atoms with Gasteiger partial charge in [-0.05, 0) is 41.8 Å². The van der Waals surface area contributed by atoms with Crippen LogP contribution in [0.15, 0.2) is 36.4 Å². The highest BCUT2D eigenvalue weighted by atomic mass is 16.7. The van der Waals surface area contributed by atoms with Gasteiger partial charge in [0.1, 0.15) is 0 Å². The average Bonchev–Trinajstić information content (AvgIpc) is 3.31. The third-order valence-electron chi connectivity index (χ3n) is 4.77. The van der Waals surface area contributed by atoms with Crippen molar-refractivity contribution in [2.24, 2.45) is 0 Å². The van der Waals surface area contributed by atoms with Gasteiger partial charge in [-0.1, -0.05) is 19.1 Å². The normalized spacial score (nSPS) is 14.3. The van der Waals surface area contributed by atoms with Crippen molar-refractivity contribution in [2.75, 3.05) is 18.2 Å². The van der Waals surface area contributed by atoms with E-state index >= 15 is 0 Å². The van der Waals surface area contributed by atoms with Crippen LogP contribution in [0.25, 0.3) is 0 Å². The van der Waals surface area contributed by atoms with E-state index in [9.17, 15) is 9.59 Å². The second-order valence-electron chi connectivity index (χ2n) is 6.32. The number of carbonyl (C=O) groups is 2. The summed E-state index contributed by atoms with van der Waals surface area (Å²) in [4.78, 5) is 26.5. The Hall–Kier alpha value is -3.02. The zero-order valence-corrected chi connectivity index (χ0v) is 14.6.